The predicted octanol–water partition coefficient (Wildman–Crippen LogP) is 4.31. The van der Waals surface area contributed by atoms with Crippen LogP contribution in [0.3, 0.4) is 0 Å². The molecule has 0 radical (unpaired) electrons. The minimum atomic E-state index is -0.0968. The highest BCUT2D eigenvalue weighted by atomic mass is 16.5. The Morgan fingerprint density at radius 3 is 2.32 bits per heavy atom. The molecule has 2 heteroatoms. The standard InChI is InChI=1S/C20H28O2/c1-12-4-13(2)18(5-12)19(21)11-22-20(3)16-7-14-6-15(9-16)10-17(20)8-14/h5,14-18H,2,4,6-11H2,1,3H3. The van der Waals surface area contributed by atoms with E-state index in [4.69, 9.17) is 4.74 Å². The smallest absolute Gasteiger partial charge is 0.169 e. The molecule has 5 rings (SSSR count). The number of hydrogen-bond acceptors (Lipinski definition) is 2. The normalized spacial score (nSPS) is 46.2. The van der Waals surface area contributed by atoms with Crippen LogP contribution in [-0.4, -0.2) is 18.0 Å². The van der Waals surface area contributed by atoms with Gasteiger partial charge in [0.15, 0.2) is 5.78 Å². The Labute approximate surface area is 134 Å². The topological polar surface area (TPSA) is 26.3 Å². The van der Waals surface area contributed by atoms with Crippen LogP contribution in [0.1, 0.15) is 52.4 Å². The van der Waals surface area contributed by atoms with Crippen molar-refractivity contribution < 1.29 is 9.53 Å². The fraction of sp³-hybridized carbons (Fsp3) is 0.750. The van der Waals surface area contributed by atoms with E-state index in [1.807, 2.05) is 0 Å². The van der Waals surface area contributed by atoms with Gasteiger partial charge in [0, 0.05) is 0 Å². The molecule has 1 unspecified atom stereocenters. The van der Waals surface area contributed by atoms with Crippen molar-refractivity contribution in [2.24, 2.45) is 29.6 Å². The Bertz CT molecular complexity index is 514. The van der Waals surface area contributed by atoms with Gasteiger partial charge in [-0.2, -0.15) is 0 Å². The molecule has 4 saturated carbocycles. The van der Waals surface area contributed by atoms with Crippen LogP contribution in [0.4, 0.5) is 0 Å². The number of ether oxygens (including phenoxy) is 1. The molecule has 0 N–H and O–H groups in total. The summed E-state index contributed by atoms with van der Waals surface area (Å²) in [5.41, 5.74) is 2.26. The molecule has 2 nitrogen and oxygen atoms in total. The van der Waals surface area contributed by atoms with Crippen molar-refractivity contribution in [3.8, 4) is 0 Å². The minimum Gasteiger partial charge on any atom is -0.367 e. The highest BCUT2D eigenvalue weighted by Gasteiger charge is 2.55. The molecule has 5 aliphatic rings. The molecule has 4 bridgehead atoms. The Morgan fingerprint density at radius 2 is 1.82 bits per heavy atom. The largest absolute Gasteiger partial charge is 0.367 e. The highest BCUT2D eigenvalue weighted by Crippen LogP contribution is 2.59. The zero-order chi connectivity index (χ0) is 15.5. The summed E-state index contributed by atoms with van der Waals surface area (Å²) in [7, 11) is 0. The summed E-state index contributed by atoms with van der Waals surface area (Å²) in [4.78, 5) is 12.5. The van der Waals surface area contributed by atoms with Gasteiger partial charge in [0.05, 0.1) is 11.5 Å². The third-order valence-electron chi connectivity index (χ3n) is 7.03. The van der Waals surface area contributed by atoms with Crippen molar-refractivity contribution in [1.82, 2.24) is 0 Å². The van der Waals surface area contributed by atoms with E-state index in [2.05, 4.69) is 26.5 Å². The third-order valence-corrected chi connectivity index (χ3v) is 7.03. The zero-order valence-corrected chi connectivity index (χ0v) is 13.9. The fourth-order valence-corrected chi connectivity index (χ4v) is 5.92. The first kappa shape index (κ1) is 14.7. The molecule has 0 amide bonds. The summed E-state index contributed by atoms with van der Waals surface area (Å²) in [6.07, 6.45) is 9.71. The average molecular weight is 300 g/mol. The molecule has 4 fully saturated rings. The van der Waals surface area contributed by atoms with E-state index in [1.165, 1.54) is 37.7 Å². The van der Waals surface area contributed by atoms with Gasteiger partial charge in [-0.05, 0) is 76.0 Å². The number of ketones is 1. The van der Waals surface area contributed by atoms with Gasteiger partial charge in [-0.1, -0.05) is 23.8 Å². The highest BCUT2D eigenvalue weighted by molar-refractivity contribution is 5.87. The minimum absolute atomic E-state index is 0.0538. The molecule has 0 aromatic heterocycles. The Morgan fingerprint density at radius 1 is 1.23 bits per heavy atom. The van der Waals surface area contributed by atoms with Gasteiger partial charge in [0.25, 0.3) is 0 Å². The number of carbonyl (C=O) groups is 1. The van der Waals surface area contributed by atoms with Crippen molar-refractivity contribution in [2.75, 3.05) is 6.61 Å². The molecular weight excluding hydrogens is 272 g/mol. The Hall–Kier alpha value is -0.890. The lowest BCUT2D eigenvalue weighted by atomic mass is 9.50. The van der Waals surface area contributed by atoms with Gasteiger partial charge >= 0.3 is 0 Å². The second kappa shape index (κ2) is 5.06. The second-order valence-corrected chi connectivity index (χ2v) is 8.57. The van der Waals surface area contributed by atoms with E-state index < -0.39 is 0 Å². The van der Waals surface area contributed by atoms with E-state index in [0.29, 0.717) is 11.8 Å². The van der Waals surface area contributed by atoms with Crippen molar-refractivity contribution in [2.45, 2.75) is 58.0 Å². The quantitative estimate of drug-likeness (QED) is 0.723. The van der Waals surface area contributed by atoms with Gasteiger partial charge in [-0.25, -0.2) is 0 Å². The summed E-state index contributed by atoms with van der Waals surface area (Å²) in [5, 5.41) is 0. The first-order valence-electron chi connectivity index (χ1n) is 8.97. The molecule has 120 valence electrons. The SMILES string of the molecule is C=C1CC(C)=CC1C(=O)COC1(C)C2CC3CC(C2)CC1C3. The summed E-state index contributed by atoms with van der Waals surface area (Å²) in [6.45, 7) is 8.71. The molecule has 0 saturated heterocycles. The lowest BCUT2D eigenvalue weighted by Gasteiger charge is -2.59. The van der Waals surface area contributed by atoms with Gasteiger partial charge in [-0.15, -0.1) is 0 Å². The lowest BCUT2D eigenvalue weighted by molar-refractivity contribution is -0.195. The van der Waals surface area contributed by atoms with E-state index in [0.717, 1.165) is 23.8 Å². The van der Waals surface area contributed by atoms with Crippen molar-refractivity contribution in [1.29, 1.82) is 0 Å². The van der Waals surface area contributed by atoms with Crippen LogP contribution in [0, 0.1) is 29.6 Å². The molecule has 22 heavy (non-hydrogen) atoms. The van der Waals surface area contributed by atoms with Gasteiger partial charge in [-0.3, -0.25) is 4.79 Å². The maximum absolute atomic E-state index is 12.5. The molecule has 5 aliphatic carbocycles. The number of hydrogen-bond donors (Lipinski definition) is 0. The zero-order valence-electron chi connectivity index (χ0n) is 13.9. The Balaban J connectivity index is 1.43. The van der Waals surface area contributed by atoms with Crippen LogP contribution >= 0.6 is 0 Å². The maximum Gasteiger partial charge on any atom is 0.169 e. The molecule has 0 spiro atoms. The maximum atomic E-state index is 12.5. The summed E-state index contributed by atoms with van der Waals surface area (Å²) < 4.78 is 6.34. The van der Waals surface area contributed by atoms with Crippen LogP contribution in [0.15, 0.2) is 23.8 Å². The van der Waals surface area contributed by atoms with Crippen molar-refractivity contribution >= 4 is 5.78 Å². The fourth-order valence-electron chi connectivity index (χ4n) is 5.92. The Kier molecular flexibility index (Phi) is 3.38. The van der Waals surface area contributed by atoms with Gasteiger partial charge in [0.2, 0.25) is 0 Å². The van der Waals surface area contributed by atoms with E-state index in [-0.39, 0.29) is 23.9 Å². The van der Waals surface area contributed by atoms with Crippen molar-refractivity contribution in [3.63, 3.8) is 0 Å². The van der Waals surface area contributed by atoms with E-state index in [9.17, 15) is 4.79 Å². The number of Topliss-reactive ketones (excluding diaryl/α,β-unsaturated/α-hetero) is 1. The van der Waals surface area contributed by atoms with Crippen LogP contribution in [-0.2, 0) is 9.53 Å². The first-order valence-corrected chi connectivity index (χ1v) is 8.97. The average Bonchev–Trinajstić information content (AvgIpc) is 2.80. The number of allylic oxidation sites excluding steroid dienone is 3. The predicted molar refractivity (Wildman–Crippen MR) is 87.4 cm³/mol. The lowest BCUT2D eigenvalue weighted by Crippen LogP contribution is -2.57. The van der Waals surface area contributed by atoms with Crippen LogP contribution in [0.25, 0.3) is 0 Å². The number of rotatable bonds is 4. The van der Waals surface area contributed by atoms with Crippen LogP contribution in [0.5, 0.6) is 0 Å². The molecular formula is C20H28O2. The summed E-state index contributed by atoms with van der Waals surface area (Å²) in [5.74, 6) is 3.35. The second-order valence-electron chi connectivity index (χ2n) is 8.57. The monoisotopic (exact) mass is 300 g/mol. The van der Waals surface area contributed by atoms with Gasteiger partial charge < -0.3 is 4.74 Å². The molecule has 0 aliphatic heterocycles. The van der Waals surface area contributed by atoms with Crippen LogP contribution < -0.4 is 0 Å². The summed E-state index contributed by atoms with van der Waals surface area (Å²) in [6, 6.07) is 0. The van der Waals surface area contributed by atoms with Gasteiger partial charge in [0.1, 0.15) is 6.61 Å². The molecule has 0 heterocycles. The third kappa shape index (κ3) is 2.22. The molecule has 0 aromatic carbocycles. The van der Waals surface area contributed by atoms with Crippen molar-refractivity contribution in [3.05, 3.63) is 23.8 Å². The molecule has 1 atom stereocenters. The van der Waals surface area contributed by atoms with Crippen LogP contribution in [0.2, 0.25) is 0 Å². The van der Waals surface area contributed by atoms with E-state index in [1.54, 1.807) is 0 Å². The first-order chi connectivity index (χ1) is 10.5. The van der Waals surface area contributed by atoms with E-state index >= 15 is 0 Å². The molecule has 0 aromatic rings. The number of carbonyl (C=O) groups excluding carboxylic acids is 1. The summed E-state index contributed by atoms with van der Waals surface area (Å²) >= 11 is 0.